The van der Waals surface area contributed by atoms with Crippen molar-refractivity contribution in [2.45, 2.75) is 13.0 Å². The van der Waals surface area contributed by atoms with Crippen LogP contribution < -0.4 is 14.9 Å². The Bertz CT molecular complexity index is 1980. The Labute approximate surface area is 249 Å². The van der Waals surface area contributed by atoms with E-state index in [4.69, 9.17) is 37.3 Å². The molecule has 5 aromatic rings. The number of ether oxygens (including phenoxy) is 1. The van der Waals surface area contributed by atoms with E-state index in [9.17, 15) is 9.59 Å². The second-order valence-corrected chi connectivity index (χ2v) is 11.0. The summed E-state index contributed by atoms with van der Waals surface area (Å²) >= 11 is 13.6. The van der Waals surface area contributed by atoms with Gasteiger partial charge >= 0.3 is 5.97 Å². The summed E-state index contributed by atoms with van der Waals surface area (Å²) in [7, 11) is 0. The fourth-order valence-electron chi connectivity index (χ4n) is 4.78. The van der Waals surface area contributed by atoms with Gasteiger partial charge in [0.05, 0.1) is 33.5 Å². The molecule has 0 radical (unpaired) electrons. The van der Waals surface area contributed by atoms with Crippen LogP contribution in [0.2, 0.25) is 10.0 Å². The van der Waals surface area contributed by atoms with E-state index in [0.717, 1.165) is 11.1 Å². The number of fused-ring (bicyclic) bond motifs is 1. The Balaban J connectivity index is 1.55. The minimum Gasteiger partial charge on any atom is -0.463 e. The third-order valence-electron chi connectivity index (χ3n) is 6.59. The number of carbonyl (C=O) groups is 1. The van der Waals surface area contributed by atoms with Crippen LogP contribution >= 0.6 is 34.5 Å². The summed E-state index contributed by atoms with van der Waals surface area (Å²) in [6.45, 7) is 1.94. The molecule has 0 bridgehead atoms. The van der Waals surface area contributed by atoms with Crippen LogP contribution in [0.1, 0.15) is 29.9 Å². The minimum absolute atomic E-state index is 0.189. The van der Waals surface area contributed by atoms with E-state index in [0.29, 0.717) is 47.7 Å². The van der Waals surface area contributed by atoms with Crippen LogP contribution in [-0.4, -0.2) is 17.1 Å². The van der Waals surface area contributed by atoms with Crippen molar-refractivity contribution in [1.29, 1.82) is 0 Å². The van der Waals surface area contributed by atoms with Gasteiger partial charge in [-0.2, -0.15) is 0 Å². The maximum Gasteiger partial charge on any atom is 0.338 e. The molecular formula is C32H22Cl2N2O4S. The molecule has 3 heterocycles. The quantitative estimate of drug-likeness (QED) is 0.208. The highest BCUT2D eigenvalue weighted by atomic mass is 35.5. The van der Waals surface area contributed by atoms with E-state index < -0.39 is 12.0 Å². The molecule has 6 rings (SSSR count). The molecule has 1 unspecified atom stereocenters. The van der Waals surface area contributed by atoms with Crippen LogP contribution in [0, 0.1) is 0 Å². The zero-order valence-electron chi connectivity index (χ0n) is 21.7. The van der Waals surface area contributed by atoms with Gasteiger partial charge in [0.1, 0.15) is 11.5 Å². The highest BCUT2D eigenvalue weighted by molar-refractivity contribution is 7.07. The van der Waals surface area contributed by atoms with Crippen LogP contribution in [0.3, 0.4) is 0 Å². The molecule has 9 heteroatoms. The van der Waals surface area contributed by atoms with Gasteiger partial charge in [-0.3, -0.25) is 9.36 Å². The number of hydrogen-bond donors (Lipinski definition) is 0. The van der Waals surface area contributed by atoms with Crippen molar-refractivity contribution in [1.82, 2.24) is 4.57 Å². The summed E-state index contributed by atoms with van der Waals surface area (Å²) in [5.74, 6) is 0.498. The first kappa shape index (κ1) is 27.0. The van der Waals surface area contributed by atoms with E-state index in [1.54, 1.807) is 47.9 Å². The van der Waals surface area contributed by atoms with Gasteiger partial charge in [-0.15, -0.1) is 0 Å². The van der Waals surface area contributed by atoms with Gasteiger partial charge in [0, 0.05) is 22.2 Å². The molecule has 1 atom stereocenters. The smallest absolute Gasteiger partial charge is 0.338 e. The Hall–Kier alpha value is -4.17. The van der Waals surface area contributed by atoms with Gasteiger partial charge in [0.25, 0.3) is 5.56 Å². The van der Waals surface area contributed by atoms with Crippen LogP contribution in [0.25, 0.3) is 23.1 Å². The molecule has 6 nitrogen and oxygen atoms in total. The Morgan fingerprint density at radius 1 is 1.02 bits per heavy atom. The third kappa shape index (κ3) is 5.20. The second kappa shape index (κ2) is 11.4. The molecule has 204 valence electrons. The van der Waals surface area contributed by atoms with Gasteiger partial charge in [-0.1, -0.05) is 95.2 Å². The molecule has 3 aromatic carbocycles. The Morgan fingerprint density at radius 3 is 2.46 bits per heavy atom. The minimum atomic E-state index is -0.733. The van der Waals surface area contributed by atoms with Crippen LogP contribution in [0.5, 0.6) is 0 Å². The number of hydrogen-bond acceptors (Lipinski definition) is 6. The highest BCUT2D eigenvalue weighted by Crippen LogP contribution is 2.35. The first-order valence-corrected chi connectivity index (χ1v) is 14.4. The second-order valence-electron chi connectivity index (χ2n) is 9.17. The molecule has 0 amide bonds. The van der Waals surface area contributed by atoms with Gasteiger partial charge in [0.15, 0.2) is 4.80 Å². The van der Waals surface area contributed by atoms with Crippen molar-refractivity contribution < 1.29 is 13.9 Å². The first-order valence-electron chi connectivity index (χ1n) is 12.8. The fourth-order valence-corrected chi connectivity index (χ4v) is 6.27. The number of halogens is 2. The molecule has 0 N–H and O–H groups in total. The average molecular weight is 602 g/mol. The number of carbonyl (C=O) groups excluding carboxylic acids is 1. The lowest BCUT2D eigenvalue weighted by molar-refractivity contribution is -0.138. The molecule has 1 aliphatic rings. The van der Waals surface area contributed by atoms with Crippen LogP contribution in [0.15, 0.2) is 111 Å². The lowest BCUT2D eigenvalue weighted by Crippen LogP contribution is -2.39. The number of thiazole rings is 1. The van der Waals surface area contributed by atoms with Crippen LogP contribution in [-0.2, 0) is 9.53 Å². The lowest BCUT2D eigenvalue weighted by Gasteiger charge is -2.25. The largest absolute Gasteiger partial charge is 0.463 e. The molecule has 0 saturated carbocycles. The SMILES string of the molecule is CCOC(=O)C1=C(c2ccccc2)N=c2s/c(=C\c3ccc(-c4ccc(Cl)cc4Cl)o3)c(=O)n2C1c1ccccc1. The normalized spacial score (nSPS) is 15.0. The maximum atomic E-state index is 14.0. The van der Waals surface area contributed by atoms with Crippen molar-refractivity contribution >= 4 is 52.3 Å². The van der Waals surface area contributed by atoms with E-state index >= 15 is 0 Å². The van der Waals surface area contributed by atoms with Gasteiger partial charge < -0.3 is 9.15 Å². The summed E-state index contributed by atoms with van der Waals surface area (Å²) in [6.07, 6.45) is 1.68. The molecule has 0 saturated heterocycles. The van der Waals surface area contributed by atoms with Crippen molar-refractivity contribution in [3.8, 4) is 11.3 Å². The zero-order chi connectivity index (χ0) is 28.5. The van der Waals surface area contributed by atoms with Crippen LogP contribution in [0.4, 0.5) is 0 Å². The summed E-state index contributed by atoms with van der Waals surface area (Å²) in [4.78, 5) is 32.8. The Kier molecular flexibility index (Phi) is 7.49. The van der Waals surface area contributed by atoms with E-state index in [1.807, 2.05) is 60.7 Å². The highest BCUT2D eigenvalue weighted by Gasteiger charge is 2.35. The van der Waals surface area contributed by atoms with Gasteiger partial charge in [-0.25, -0.2) is 9.79 Å². The predicted molar refractivity (Wildman–Crippen MR) is 162 cm³/mol. The molecular weight excluding hydrogens is 579 g/mol. The maximum absolute atomic E-state index is 14.0. The standard InChI is InChI=1S/C32H22Cl2N2O4S/c1-2-39-31(38)27-28(19-9-5-3-6-10-19)35-32-36(29(27)20-11-7-4-8-12-20)30(37)26(41-32)18-22-14-16-25(40-22)23-15-13-21(33)17-24(23)34/h3-18,29H,2H2,1H3/b26-18-. The molecule has 0 fully saturated rings. The molecule has 41 heavy (non-hydrogen) atoms. The zero-order valence-corrected chi connectivity index (χ0v) is 24.0. The summed E-state index contributed by atoms with van der Waals surface area (Å²) in [5.41, 5.74) is 2.70. The van der Waals surface area contributed by atoms with E-state index in [1.165, 1.54) is 11.3 Å². The number of esters is 1. The molecule has 0 aliphatic carbocycles. The fraction of sp³-hybridized carbons (Fsp3) is 0.0938. The van der Waals surface area contributed by atoms with E-state index in [2.05, 4.69) is 0 Å². The Morgan fingerprint density at radius 2 is 1.76 bits per heavy atom. The number of aromatic nitrogens is 1. The first-order chi connectivity index (χ1) is 19.9. The number of rotatable bonds is 6. The lowest BCUT2D eigenvalue weighted by atomic mass is 9.93. The van der Waals surface area contributed by atoms with Crippen molar-refractivity contribution in [3.05, 3.63) is 143 Å². The number of nitrogens with zero attached hydrogens (tertiary/aromatic N) is 2. The number of benzene rings is 3. The molecule has 1 aliphatic heterocycles. The average Bonchev–Trinajstić information content (AvgIpc) is 3.57. The van der Waals surface area contributed by atoms with Gasteiger partial charge in [-0.05, 0) is 42.8 Å². The summed E-state index contributed by atoms with van der Waals surface area (Å²) in [6, 6.07) is 26.9. The summed E-state index contributed by atoms with van der Waals surface area (Å²) < 4.78 is 13.5. The molecule has 0 spiro atoms. The topological polar surface area (TPSA) is 73.8 Å². The van der Waals surface area contributed by atoms with Crippen molar-refractivity contribution in [3.63, 3.8) is 0 Å². The third-order valence-corrected chi connectivity index (χ3v) is 8.12. The van der Waals surface area contributed by atoms with Crippen molar-refractivity contribution in [2.24, 2.45) is 4.99 Å². The number of furan rings is 1. The molecule has 2 aromatic heterocycles. The van der Waals surface area contributed by atoms with Gasteiger partial charge in [0.2, 0.25) is 0 Å². The predicted octanol–water partition coefficient (Wildman–Crippen LogP) is 6.50. The summed E-state index contributed by atoms with van der Waals surface area (Å²) in [5, 5.41) is 0.984. The van der Waals surface area contributed by atoms with E-state index in [-0.39, 0.29) is 12.2 Å². The monoisotopic (exact) mass is 600 g/mol. The van der Waals surface area contributed by atoms with Crippen molar-refractivity contribution in [2.75, 3.05) is 6.61 Å².